The number of anilines is 1. The summed E-state index contributed by atoms with van der Waals surface area (Å²) in [4.78, 5) is 12.4. The number of rotatable bonds is 6. The predicted molar refractivity (Wildman–Crippen MR) is 79.4 cm³/mol. The summed E-state index contributed by atoms with van der Waals surface area (Å²) in [5, 5.41) is 3.34. The van der Waals surface area contributed by atoms with Gasteiger partial charge >= 0.3 is 0 Å². The van der Waals surface area contributed by atoms with Crippen LogP contribution in [0.25, 0.3) is 0 Å². The standard InChI is InChI=1S/C15H20ClNO3/c1-4-20-13-8-7-11(9-12(13)16)17-14(18)15(2,19-3)10-5-6-10/h7-10H,4-6H2,1-3H3,(H,17,18)/t15-/m0/s1. The zero-order valence-electron chi connectivity index (χ0n) is 12.0. The Hall–Kier alpha value is -1.26. The first kappa shape index (κ1) is 15.1. The van der Waals surface area contributed by atoms with E-state index in [-0.39, 0.29) is 5.91 Å². The van der Waals surface area contributed by atoms with Crippen LogP contribution in [0.1, 0.15) is 26.7 Å². The molecule has 1 N–H and O–H groups in total. The van der Waals surface area contributed by atoms with E-state index in [1.54, 1.807) is 25.3 Å². The van der Waals surface area contributed by atoms with Crippen LogP contribution in [0.5, 0.6) is 5.75 Å². The summed E-state index contributed by atoms with van der Waals surface area (Å²) >= 11 is 6.11. The fourth-order valence-electron chi connectivity index (χ4n) is 2.19. The van der Waals surface area contributed by atoms with Crippen molar-refractivity contribution in [2.75, 3.05) is 19.0 Å². The second-order valence-electron chi connectivity index (χ2n) is 5.12. The molecule has 110 valence electrons. The van der Waals surface area contributed by atoms with E-state index < -0.39 is 5.60 Å². The molecular weight excluding hydrogens is 278 g/mol. The fraction of sp³-hybridized carbons (Fsp3) is 0.533. The van der Waals surface area contributed by atoms with Gasteiger partial charge in [0.15, 0.2) is 0 Å². The van der Waals surface area contributed by atoms with Crippen molar-refractivity contribution in [1.29, 1.82) is 0 Å². The Balaban J connectivity index is 2.09. The lowest BCUT2D eigenvalue weighted by Gasteiger charge is -2.26. The number of amides is 1. The van der Waals surface area contributed by atoms with Gasteiger partial charge in [-0.1, -0.05) is 11.6 Å². The van der Waals surface area contributed by atoms with Crippen molar-refractivity contribution in [3.8, 4) is 5.75 Å². The molecule has 1 aromatic rings. The minimum atomic E-state index is -0.773. The zero-order valence-corrected chi connectivity index (χ0v) is 12.8. The summed E-state index contributed by atoms with van der Waals surface area (Å²) in [5.41, 5.74) is -0.127. The maximum atomic E-state index is 12.4. The van der Waals surface area contributed by atoms with Gasteiger partial charge in [-0.25, -0.2) is 0 Å². The monoisotopic (exact) mass is 297 g/mol. The molecule has 1 aromatic carbocycles. The summed E-state index contributed by atoms with van der Waals surface area (Å²) in [7, 11) is 1.57. The van der Waals surface area contributed by atoms with Crippen LogP contribution in [0.4, 0.5) is 5.69 Å². The molecule has 4 nitrogen and oxygen atoms in total. The molecule has 0 aromatic heterocycles. The molecule has 0 bridgehead atoms. The van der Waals surface area contributed by atoms with Crippen molar-refractivity contribution < 1.29 is 14.3 Å². The largest absolute Gasteiger partial charge is 0.492 e. The zero-order chi connectivity index (χ0) is 14.8. The maximum absolute atomic E-state index is 12.4. The highest BCUT2D eigenvalue weighted by Gasteiger charge is 2.47. The van der Waals surface area contributed by atoms with E-state index >= 15 is 0 Å². The molecule has 0 unspecified atom stereocenters. The molecule has 2 rings (SSSR count). The van der Waals surface area contributed by atoms with Crippen LogP contribution in [0, 0.1) is 5.92 Å². The summed E-state index contributed by atoms with van der Waals surface area (Å²) in [6, 6.07) is 5.22. The average Bonchev–Trinajstić information content (AvgIpc) is 3.25. The Morgan fingerprint density at radius 3 is 2.70 bits per heavy atom. The van der Waals surface area contributed by atoms with Gasteiger partial charge in [0.25, 0.3) is 5.91 Å². The molecule has 20 heavy (non-hydrogen) atoms. The number of hydrogen-bond acceptors (Lipinski definition) is 3. The van der Waals surface area contributed by atoms with Gasteiger partial charge in [-0.05, 0) is 50.8 Å². The number of carbonyl (C=O) groups is 1. The topological polar surface area (TPSA) is 47.6 Å². The Morgan fingerprint density at radius 1 is 1.50 bits per heavy atom. The normalized spacial score (nSPS) is 17.4. The number of ether oxygens (including phenoxy) is 2. The molecule has 1 aliphatic carbocycles. The Morgan fingerprint density at radius 2 is 2.20 bits per heavy atom. The van der Waals surface area contributed by atoms with Gasteiger partial charge in [0.1, 0.15) is 11.4 Å². The quantitative estimate of drug-likeness (QED) is 0.874. The lowest BCUT2D eigenvalue weighted by Crippen LogP contribution is -2.44. The van der Waals surface area contributed by atoms with Crippen molar-refractivity contribution in [1.82, 2.24) is 0 Å². The highest BCUT2D eigenvalue weighted by Crippen LogP contribution is 2.42. The SMILES string of the molecule is CCOc1ccc(NC(=O)[C@@](C)(OC)C2CC2)cc1Cl. The van der Waals surface area contributed by atoms with Crippen LogP contribution < -0.4 is 10.1 Å². The summed E-state index contributed by atoms with van der Waals surface area (Å²) < 4.78 is 10.8. The number of benzene rings is 1. The molecule has 0 aliphatic heterocycles. The third-order valence-corrected chi connectivity index (χ3v) is 4.02. The minimum absolute atomic E-state index is 0.136. The van der Waals surface area contributed by atoms with Crippen molar-refractivity contribution in [3.63, 3.8) is 0 Å². The Bertz CT molecular complexity index is 502. The average molecular weight is 298 g/mol. The van der Waals surface area contributed by atoms with Gasteiger partial charge in [-0.15, -0.1) is 0 Å². The van der Waals surface area contributed by atoms with Gasteiger partial charge in [0.05, 0.1) is 11.6 Å². The molecule has 0 spiro atoms. The maximum Gasteiger partial charge on any atom is 0.256 e. The molecule has 1 saturated carbocycles. The first-order valence-electron chi connectivity index (χ1n) is 6.80. The first-order valence-corrected chi connectivity index (χ1v) is 7.18. The molecular formula is C15H20ClNO3. The first-order chi connectivity index (χ1) is 9.51. The second kappa shape index (κ2) is 6.02. The number of carbonyl (C=O) groups excluding carboxylic acids is 1. The van der Waals surface area contributed by atoms with E-state index in [0.717, 1.165) is 12.8 Å². The number of halogens is 1. The molecule has 1 atom stereocenters. The summed E-state index contributed by atoms with van der Waals surface area (Å²) in [6.07, 6.45) is 2.06. The van der Waals surface area contributed by atoms with Crippen LogP contribution in [0.2, 0.25) is 5.02 Å². The molecule has 0 radical (unpaired) electrons. The van der Waals surface area contributed by atoms with Gasteiger partial charge in [-0.3, -0.25) is 4.79 Å². The highest BCUT2D eigenvalue weighted by molar-refractivity contribution is 6.32. The van der Waals surface area contributed by atoms with Crippen LogP contribution in [0.3, 0.4) is 0 Å². The molecule has 1 amide bonds. The number of nitrogens with one attached hydrogen (secondary N) is 1. The summed E-state index contributed by atoms with van der Waals surface area (Å²) in [6.45, 7) is 4.27. The lowest BCUT2D eigenvalue weighted by molar-refractivity contribution is -0.138. The third kappa shape index (κ3) is 3.07. The van der Waals surface area contributed by atoms with Crippen LogP contribution >= 0.6 is 11.6 Å². The van der Waals surface area contributed by atoms with Crippen LogP contribution in [-0.2, 0) is 9.53 Å². The Labute approximate surface area is 124 Å². The van der Waals surface area contributed by atoms with Gasteiger partial charge < -0.3 is 14.8 Å². The molecule has 1 aliphatic rings. The smallest absolute Gasteiger partial charge is 0.256 e. The Kier molecular flexibility index (Phi) is 4.55. The van der Waals surface area contributed by atoms with Crippen molar-refractivity contribution in [2.24, 2.45) is 5.92 Å². The molecule has 0 saturated heterocycles. The molecule has 5 heteroatoms. The van der Waals surface area contributed by atoms with Gasteiger partial charge in [0.2, 0.25) is 0 Å². The van der Waals surface area contributed by atoms with Gasteiger partial charge in [-0.2, -0.15) is 0 Å². The molecule has 1 fully saturated rings. The van der Waals surface area contributed by atoms with E-state index in [2.05, 4.69) is 5.32 Å². The highest BCUT2D eigenvalue weighted by atomic mass is 35.5. The van der Waals surface area contributed by atoms with E-state index in [9.17, 15) is 4.79 Å². The molecule has 0 heterocycles. The van der Waals surface area contributed by atoms with Crippen LogP contribution in [-0.4, -0.2) is 25.2 Å². The van der Waals surface area contributed by atoms with Crippen molar-refractivity contribution >= 4 is 23.2 Å². The number of hydrogen-bond donors (Lipinski definition) is 1. The van der Waals surface area contributed by atoms with Crippen molar-refractivity contribution in [2.45, 2.75) is 32.3 Å². The van der Waals surface area contributed by atoms with Gasteiger partial charge in [0, 0.05) is 12.8 Å². The third-order valence-electron chi connectivity index (χ3n) is 3.72. The van der Waals surface area contributed by atoms with E-state index in [4.69, 9.17) is 21.1 Å². The minimum Gasteiger partial charge on any atom is -0.492 e. The van der Waals surface area contributed by atoms with E-state index in [1.165, 1.54) is 0 Å². The second-order valence-corrected chi connectivity index (χ2v) is 5.52. The summed E-state index contributed by atoms with van der Waals surface area (Å²) in [5.74, 6) is 0.775. The van der Waals surface area contributed by atoms with Crippen LogP contribution in [0.15, 0.2) is 18.2 Å². The van der Waals surface area contributed by atoms with E-state index in [0.29, 0.717) is 29.0 Å². The van der Waals surface area contributed by atoms with Crippen molar-refractivity contribution in [3.05, 3.63) is 23.2 Å². The van der Waals surface area contributed by atoms with E-state index in [1.807, 2.05) is 13.8 Å². The predicted octanol–water partition coefficient (Wildman–Crippen LogP) is 3.49. The lowest BCUT2D eigenvalue weighted by atomic mass is 9.99. The number of methoxy groups -OCH3 is 1. The fourth-order valence-corrected chi connectivity index (χ4v) is 2.42.